The van der Waals surface area contributed by atoms with Crippen molar-refractivity contribution in [1.82, 2.24) is 0 Å². The predicted octanol–water partition coefficient (Wildman–Crippen LogP) is 3.69. The summed E-state index contributed by atoms with van der Waals surface area (Å²) < 4.78 is 5.22. The molecule has 2 nitrogen and oxygen atoms in total. The highest BCUT2D eigenvalue weighted by Gasteiger charge is 2.17. The van der Waals surface area contributed by atoms with Gasteiger partial charge in [0.05, 0.1) is 7.11 Å². The molecule has 1 aromatic rings. The Morgan fingerprint density at radius 1 is 1.19 bits per heavy atom. The molecule has 1 fully saturated rings. The van der Waals surface area contributed by atoms with Gasteiger partial charge in [0.25, 0.3) is 0 Å². The second kappa shape index (κ2) is 5.24. The first-order chi connectivity index (χ1) is 7.78. The Balaban J connectivity index is 1.93. The lowest BCUT2D eigenvalue weighted by Crippen LogP contribution is -2.25. The molecule has 88 valence electrons. The Labute approximate surface area is 98.0 Å². The average Bonchev–Trinajstić information content (AvgIpc) is 2.32. The van der Waals surface area contributed by atoms with E-state index in [0.717, 1.165) is 11.7 Å². The highest BCUT2D eigenvalue weighted by molar-refractivity contribution is 5.48. The van der Waals surface area contributed by atoms with Crippen molar-refractivity contribution in [3.63, 3.8) is 0 Å². The molecule has 0 spiro atoms. The number of hydrogen-bond acceptors (Lipinski definition) is 2. The zero-order chi connectivity index (χ0) is 11.4. The van der Waals surface area contributed by atoms with Gasteiger partial charge in [-0.3, -0.25) is 0 Å². The van der Waals surface area contributed by atoms with Crippen molar-refractivity contribution in [3.05, 3.63) is 24.3 Å². The van der Waals surface area contributed by atoms with Crippen molar-refractivity contribution >= 4 is 5.69 Å². The van der Waals surface area contributed by atoms with Gasteiger partial charge in [0.15, 0.2) is 0 Å². The Kier molecular flexibility index (Phi) is 3.70. The van der Waals surface area contributed by atoms with Crippen LogP contribution in [0.25, 0.3) is 0 Å². The van der Waals surface area contributed by atoms with Gasteiger partial charge in [0.1, 0.15) is 5.75 Å². The molecule has 0 atom stereocenters. The van der Waals surface area contributed by atoms with E-state index in [0.29, 0.717) is 6.04 Å². The zero-order valence-corrected chi connectivity index (χ0v) is 10.2. The van der Waals surface area contributed by atoms with Crippen molar-refractivity contribution in [2.45, 2.75) is 38.6 Å². The van der Waals surface area contributed by atoms with E-state index in [1.807, 2.05) is 12.1 Å². The van der Waals surface area contributed by atoms with E-state index >= 15 is 0 Å². The van der Waals surface area contributed by atoms with E-state index in [-0.39, 0.29) is 0 Å². The van der Waals surface area contributed by atoms with Crippen LogP contribution in [0.15, 0.2) is 24.3 Å². The Hall–Kier alpha value is -1.18. The SMILES string of the molecule is COc1cccc(NC2CCC(C)CC2)c1. The van der Waals surface area contributed by atoms with Crippen LogP contribution < -0.4 is 10.1 Å². The molecule has 1 aromatic carbocycles. The fourth-order valence-corrected chi connectivity index (χ4v) is 2.35. The van der Waals surface area contributed by atoms with Gasteiger partial charge in [-0.1, -0.05) is 13.0 Å². The summed E-state index contributed by atoms with van der Waals surface area (Å²) in [5.41, 5.74) is 1.18. The molecule has 2 heteroatoms. The lowest BCUT2D eigenvalue weighted by atomic mass is 9.87. The molecule has 0 radical (unpaired) electrons. The maximum Gasteiger partial charge on any atom is 0.120 e. The van der Waals surface area contributed by atoms with E-state index in [9.17, 15) is 0 Å². The van der Waals surface area contributed by atoms with Gasteiger partial charge in [0.2, 0.25) is 0 Å². The van der Waals surface area contributed by atoms with Crippen LogP contribution in [0.1, 0.15) is 32.6 Å². The van der Waals surface area contributed by atoms with Gasteiger partial charge >= 0.3 is 0 Å². The van der Waals surface area contributed by atoms with Crippen LogP contribution in [0.3, 0.4) is 0 Å². The first-order valence-corrected chi connectivity index (χ1v) is 6.18. The van der Waals surface area contributed by atoms with Crippen molar-refractivity contribution < 1.29 is 4.74 Å². The maximum atomic E-state index is 5.22. The molecule has 16 heavy (non-hydrogen) atoms. The Morgan fingerprint density at radius 3 is 2.62 bits per heavy atom. The normalized spacial score (nSPS) is 25.1. The highest BCUT2D eigenvalue weighted by atomic mass is 16.5. The van der Waals surface area contributed by atoms with Crippen LogP contribution in [0.5, 0.6) is 5.75 Å². The molecule has 1 N–H and O–H groups in total. The predicted molar refractivity (Wildman–Crippen MR) is 68.0 cm³/mol. The standard InChI is InChI=1S/C14H21NO/c1-11-6-8-12(9-7-11)15-13-4-3-5-14(10-13)16-2/h3-5,10-12,15H,6-9H2,1-2H3. The molecule has 0 saturated heterocycles. The number of methoxy groups -OCH3 is 1. The molecule has 0 aromatic heterocycles. The topological polar surface area (TPSA) is 21.3 Å². The first kappa shape index (κ1) is 11.3. The molecule has 0 aliphatic heterocycles. The minimum atomic E-state index is 0.642. The van der Waals surface area contributed by atoms with E-state index in [2.05, 4.69) is 24.4 Å². The molecule has 0 unspecified atom stereocenters. The molecule has 1 aliphatic rings. The Bertz CT molecular complexity index is 329. The smallest absolute Gasteiger partial charge is 0.120 e. The van der Waals surface area contributed by atoms with Crippen LogP contribution in [0.2, 0.25) is 0 Å². The fraction of sp³-hybridized carbons (Fsp3) is 0.571. The Morgan fingerprint density at radius 2 is 1.94 bits per heavy atom. The highest BCUT2D eigenvalue weighted by Crippen LogP contribution is 2.27. The third-order valence-electron chi connectivity index (χ3n) is 3.46. The summed E-state index contributed by atoms with van der Waals surface area (Å²) in [7, 11) is 1.71. The molecule has 1 saturated carbocycles. The lowest BCUT2D eigenvalue weighted by molar-refractivity contribution is 0.361. The number of benzene rings is 1. The van der Waals surface area contributed by atoms with E-state index in [1.54, 1.807) is 7.11 Å². The summed E-state index contributed by atoms with van der Waals surface area (Å²) in [5.74, 6) is 1.83. The molecule has 0 bridgehead atoms. The number of ether oxygens (including phenoxy) is 1. The number of hydrogen-bond donors (Lipinski definition) is 1. The van der Waals surface area contributed by atoms with Gasteiger partial charge < -0.3 is 10.1 Å². The minimum Gasteiger partial charge on any atom is -0.497 e. The summed E-state index contributed by atoms with van der Waals surface area (Å²) in [5, 5.41) is 3.60. The number of anilines is 1. The summed E-state index contributed by atoms with van der Waals surface area (Å²) in [6, 6.07) is 8.84. The summed E-state index contributed by atoms with van der Waals surface area (Å²) >= 11 is 0. The molecule has 0 heterocycles. The average molecular weight is 219 g/mol. The molecular formula is C14H21NO. The van der Waals surface area contributed by atoms with Gasteiger partial charge in [-0.05, 0) is 43.7 Å². The van der Waals surface area contributed by atoms with Gasteiger partial charge in [-0.15, -0.1) is 0 Å². The van der Waals surface area contributed by atoms with Crippen molar-refractivity contribution in [1.29, 1.82) is 0 Å². The monoisotopic (exact) mass is 219 g/mol. The van der Waals surface area contributed by atoms with Crippen LogP contribution >= 0.6 is 0 Å². The van der Waals surface area contributed by atoms with E-state index in [1.165, 1.54) is 31.4 Å². The zero-order valence-electron chi connectivity index (χ0n) is 10.2. The molecule has 2 rings (SSSR count). The molecule has 1 aliphatic carbocycles. The lowest BCUT2D eigenvalue weighted by Gasteiger charge is -2.27. The van der Waals surface area contributed by atoms with E-state index < -0.39 is 0 Å². The second-order valence-corrected chi connectivity index (χ2v) is 4.83. The minimum absolute atomic E-state index is 0.642. The largest absolute Gasteiger partial charge is 0.497 e. The number of nitrogens with one attached hydrogen (secondary N) is 1. The molecule has 0 amide bonds. The fourth-order valence-electron chi connectivity index (χ4n) is 2.35. The van der Waals surface area contributed by atoms with Gasteiger partial charge in [-0.25, -0.2) is 0 Å². The third-order valence-corrected chi connectivity index (χ3v) is 3.46. The third kappa shape index (κ3) is 2.91. The van der Waals surface area contributed by atoms with Crippen molar-refractivity contribution in [2.24, 2.45) is 5.92 Å². The van der Waals surface area contributed by atoms with Crippen molar-refractivity contribution in [2.75, 3.05) is 12.4 Å². The summed E-state index contributed by atoms with van der Waals surface area (Å²) in [6.45, 7) is 2.35. The van der Waals surface area contributed by atoms with E-state index in [4.69, 9.17) is 4.74 Å². The summed E-state index contributed by atoms with van der Waals surface area (Å²) in [6.07, 6.45) is 5.28. The van der Waals surface area contributed by atoms with Gasteiger partial charge in [-0.2, -0.15) is 0 Å². The quantitative estimate of drug-likeness (QED) is 0.837. The van der Waals surface area contributed by atoms with Gasteiger partial charge in [0, 0.05) is 17.8 Å². The summed E-state index contributed by atoms with van der Waals surface area (Å²) in [4.78, 5) is 0. The maximum absolute atomic E-state index is 5.22. The van der Waals surface area contributed by atoms with Crippen LogP contribution in [-0.4, -0.2) is 13.2 Å². The molecular weight excluding hydrogens is 198 g/mol. The van der Waals surface area contributed by atoms with Crippen LogP contribution in [0, 0.1) is 5.92 Å². The number of rotatable bonds is 3. The first-order valence-electron chi connectivity index (χ1n) is 6.18. The van der Waals surface area contributed by atoms with Crippen LogP contribution in [-0.2, 0) is 0 Å². The second-order valence-electron chi connectivity index (χ2n) is 4.83. The van der Waals surface area contributed by atoms with Crippen molar-refractivity contribution in [3.8, 4) is 5.75 Å². The van der Waals surface area contributed by atoms with Crippen LogP contribution in [0.4, 0.5) is 5.69 Å².